The first-order valence-electron chi connectivity index (χ1n) is 5.57. The largest absolute Gasteiger partial charge is 0.536 e. The van der Waals surface area contributed by atoms with Gasteiger partial charge in [0.15, 0.2) is 0 Å². The molecule has 1 amide bonds. The Balaban J connectivity index is 2.84. The third kappa shape index (κ3) is 3.39. The normalized spacial score (nSPS) is 11.3. The lowest BCUT2D eigenvalue weighted by molar-refractivity contribution is -0.119. The topological polar surface area (TPSA) is 56.8 Å². The van der Waals surface area contributed by atoms with E-state index in [1.165, 1.54) is 6.92 Å². The molecule has 0 unspecified atom stereocenters. The van der Waals surface area contributed by atoms with Crippen molar-refractivity contribution in [2.24, 2.45) is 0 Å². The minimum Gasteiger partial charge on any atom is -0.373 e. The lowest BCUT2D eigenvalue weighted by Crippen LogP contribution is -2.54. The van der Waals surface area contributed by atoms with E-state index in [1.807, 2.05) is 24.3 Å². The first-order valence-corrected chi connectivity index (χ1v) is 7.29. The van der Waals surface area contributed by atoms with E-state index in [9.17, 15) is 4.79 Å². The average molecular weight is 269 g/mol. The van der Waals surface area contributed by atoms with Gasteiger partial charge < -0.3 is 18.6 Å². The molecule has 0 atom stereocenters. The minimum atomic E-state index is -2.75. The Hall–Kier alpha value is -1.21. The summed E-state index contributed by atoms with van der Waals surface area (Å²) in [4.78, 5) is 10.8. The van der Waals surface area contributed by atoms with E-state index >= 15 is 0 Å². The van der Waals surface area contributed by atoms with Crippen molar-refractivity contribution in [1.82, 2.24) is 5.32 Å². The molecule has 0 aliphatic carbocycles. The molecule has 5 nitrogen and oxygen atoms in total. The molecule has 6 heteroatoms. The molecule has 0 radical (unpaired) electrons. The minimum absolute atomic E-state index is 0.0477. The van der Waals surface area contributed by atoms with Crippen molar-refractivity contribution in [3.05, 3.63) is 29.8 Å². The van der Waals surface area contributed by atoms with Gasteiger partial charge in [0, 0.05) is 40.0 Å². The molecule has 0 aromatic heterocycles. The van der Waals surface area contributed by atoms with Crippen LogP contribution in [0, 0.1) is 0 Å². The maximum absolute atomic E-state index is 10.8. The summed E-state index contributed by atoms with van der Waals surface area (Å²) in [5.41, 5.74) is 1.01. The summed E-state index contributed by atoms with van der Waals surface area (Å²) < 4.78 is 16.2. The second-order valence-electron chi connectivity index (χ2n) is 3.78. The van der Waals surface area contributed by atoms with Crippen LogP contribution in [-0.2, 0) is 24.6 Å². The van der Waals surface area contributed by atoms with Crippen molar-refractivity contribution in [1.29, 1.82) is 0 Å². The molecule has 0 aliphatic rings. The zero-order valence-electron chi connectivity index (χ0n) is 11.1. The van der Waals surface area contributed by atoms with Crippen molar-refractivity contribution in [2.75, 3.05) is 21.3 Å². The van der Waals surface area contributed by atoms with Gasteiger partial charge in [-0.25, -0.2) is 0 Å². The fourth-order valence-electron chi connectivity index (χ4n) is 1.66. The van der Waals surface area contributed by atoms with Crippen LogP contribution in [0.15, 0.2) is 24.3 Å². The lowest BCUT2D eigenvalue weighted by atomic mass is 10.2. The highest BCUT2D eigenvalue weighted by atomic mass is 28.4. The number of benzene rings is 1. The zero-order chi connectivity index (χ0) is 13.6. The lowest BCUT2D eigenvalue weighted by Gasteiger charge is -2.24. The summed E-state index contributed by atoms with van der Waals surface area (Å²) in [6.07, 6.45) is 0. The molecule has 18 heavy (non-hydrogen) atoms. The van der Waals surface area contributed by atoms with Gasteiger partial charge in [-0.05, 0) is 5.56 Å². The maximum Gasteiger partial charge on any atom is 0.536 e. The van der Waals surface area contributed by atoms with E-state index in [2.05, 4.69) is 5.32 Å². The third-order valence-electron chi connectivity index (χ3n) is 2.66. The highest BCUT2D eigenvalue weighted by Crippen LogP contribution is 2.08. The van der Waals surface area contributed by atoms with Gasteiger partial charge in [-0.3, -0.25) is 4.79 Å². The average Bonchev–Trinajstić information content (AvgIpc) is 2.40. The van der Waals surface area contributed by atoms with E-state index in [-0.39, 0.29) is 5.91 Å². The fourth-order valence-corrected chi connectivity index (χ4v) is 3.44. The quantitative estimate of drug-likeness (QED) is 0.760. The Morgan fingerprint density at radius 1 is 1.11 bits per heavy atom. The molecule has 0 heterocycles. The summed E-state index contributed by atoms with van der Waals surface area (Å²) in [6.45, 7) is 2.00. The predicted molar refractivity (Wildman–Crippen MR) is 70.4 cm³/mol. The predicted octanol–water partition coefficient (Wildman–Crippen LogP) is 0.408. The molecule has 1 N–H and O–H groups in total. The Labute approximate surface area is 108 Å². The van der Waals surface area contributed by atoms with Crippen LogP contribution in [0.25, 0.3) is 0 Å². The standard InChI is InChI=1S/C12H19NO4Si/c1-10(14)13-9-11-5-7-12(8-6-11)18(15-2,16-3)17-4/h5-8H,9H2,1-4H3,(H,13,14). The number of amides is 1. The molecule has 0 bridgehead atoms. The second kappa shape index (κ2) is 6.65. The van der Waals surface area contributed by atoms with Crippen LogP contribution in [0.4, 0.5) is 0 Å². The molecule has 0 aliphatic heterocycles. The smallest absolute Gasteiger partial charge is 0.373 e. The van der Waals surface area contributed by atoms with E-state index in [1.54, 1.807) is 21.3 Å². The second-order valence-corrected chi connectivity index (χ2v) is 6.69. The van der Waals surface area contributed by atoms with Gasteiger partial charge in [-0.15, -0.1) is 0 Å². The Kier molecular flexibility index (Phi) is 5.48. The Bertz CT molecular complexity index is 381. The molecule has 1 rings (SSSR count). The van der Waals surface area contributed by atoms with Crippen LogP contribution in [0.1, 0.15) is 12.5 Å². The number of hydrogen-bond donors (Lipinski definition) is 1. The van der Waals surface area contributed by atoms with Gasteiger partial charge in [0.2, 0.25) is 5.91 Å². The molecule has 100 valence electrons. The first kappa shape index (κ1) is 14.8. The van der Waals surface area contributed by atoms with Crippen LogP contribution >= 0.6 is 0 Å². The van der Waals surface area contributed by atoms with Crippen LogP contribution in [-0.4, -0.2) is 36.0 Å². The number of carbonyl (C=O) groups excluding carboxylic acids is 1. The van der Waals surface area contributed by atoms with E-state index < -0.39 is 8.80 Å². The third-order valence-corrected chi connectivity index (χ3v) is 5.31. The maximum atomic E-state index is 10.8. The van der Waals surface area contributed by atoms with E-state index in [4.69, 9.17) is 13.3 Å². The summed E-state index contributed by atoms with van der Waals surface area (Å²) >= 11 is 0. The van der Waals surface area contributed by atoms with Gasteiger partial charge in [-0.1, -0.05) is 24.3 Å². The molecule has 0 fully saturated rings. The highest BCUT2D eigenvalue weighted by molar-refractivity contribution is 6.75. The Morgan fingerprint density at radius 3 is 2.00 bits per heavy atom. The van der Waals surface area contributed by atoms with Crippen molar-refractivity contribution >= 4 is 19.9 Å². The summed E-state index contributed by atoms with van der Waals surface area (Å²) in [7, 11) is 1.97. The zero-order valence-corrected chi connectivity index (χ0v) is 12.1. The summed E-state index contributed by atoms with van der Waals surface area (Å²) in [5, 5.41) is 3.63. The Morgan fingerprint density at radius 2 is 1.61 bits per heavy atom. The molecule has 0 spiro atoms. The molecular formula is C12H19NO4Si. The van der Waals surface area contributed by atoms with Gasteiger partial charge in [0.05, 0.1) is 0 Å². The van der Waals surface area contributed by atoms with E-state index in [0.717, 1.165) is 10.8 Å². The van der Waals surface area contributed by atoms with Gasteiger partial charge in [0.25, 0.3) is 0 Å². The van der Waals surface area contributed by atoms with E-state index in [0.29, 0.717) is 6.54 Å². The number of hydrogen-bond acceptors (Lipinski definition) is 4. The molecule has 0 saturated carbocycles. The van der Waals surface area contributed by atoms with Gasteiger partial charge in [0.1, 0.15) is 0 Å². The van der Waals surface area contributed by atoms with Crippen LogP contribution < -0.4 is 10.5 Å². The summed E-state index contributed by atoms with van der Waals surface area (Å²) in [6, 6.07) is 7.65. The van der Waals surface area contributed by atoms with Crippen LogP contribution in [0.2, 0.25) is 0 Å². The molecule has 1 aromatic rings. The van der Waals surface area contributed by atoms with Crippen molar-refractivity contribution in [2.45, 2.75) is 13.5 Å². The molecule has 0 saturated heterocycles. The summed E-state index contributed by atoms with van der Waals surface area (Å²) in [5.74, 6) is -0.0477. The number of rotatable bonds is 6. The molecule has 1 aromatic carbocycles. The highest BCUT2D eigenvalue weighted by Gasteiger charge is 2.40. The van der Waals surface area contributed by atoms with Gasteiger partial charge >= 0.3 is 8.80 Å². The number of carbonyl (C=O) groups is 1. The molecular weight excluding hydrogens is 250 g/mol. The monoisotopic (exact) mass is 269 g/mol. The van der Waals surface area contributed by atoms with Crippen LogP contribution in [0.5, 0.6) is 0 Å². The van der Waals surface area contributed by atoms with Gasteiger partial charge in [-0.2, -0.15) is 0 Å². The number of nitrogens with one attached hydrogen (secondary N) is 1. The van der Waals surface area contributed by atoms with Crippen molar-refractivity contribution in [3.8, 4) is 0 Å². The van der Waals surface area contributed by atoms with Crippen molar-refractivity contribution < 1.29 is 18.1 Å². The first-order chi connectivity index (χ1) is 8.57. The van der Waals surface area contributed by atoms with Crippen molar-refractivity contribution in [3.63, 3.8) is 0 Å². The fraction of sp³-hybridized carbons (Fsp3) is 0.417. The SMILES string of the molecule is CO[Si](OC)(OC)c1ccc(CNC(C)=O)cc1. The van der Waals surface area contributed by atoms with Crippen LogP contribution in [0.3, 0.4) is 0 Å².